The van der Waals surface area contributed by atoms with E-state index in [1.165, 1.54) is 6.07 Å². The Balaban J connectivity index is 1.73. The zero-order valence-corrected chi connectivity index (χ0v) is 17.5. The number of ether oxygens (including phenoxy) is 1. The molecule has 0 aliphatic rings. The van der Waals surface area contributed by atoms with Crippen LogP contribution in [-0.2, 0) is 22.2 Å². The number of benzene rings is 2. The summed E-state index contributed by atoms with van der Waals surface area (Å²) in [4.78, 5) is 23.3. The van der Waals surface area contributed by atoms with Crippen LogP contribution in [0.2, 0.25) is 5.02 Å². The minimum atomic E-state index is -4.56. The number of nitrogens with zero attached hydrogens (tertiary/aromatic N) is 2. The van der Waals surface area contributed by atoms with E-state index >= 15 is 0 Å². The molecular weight excluding hydrogens is 449 g/mol. The lowest BCUT2D eigenvalue weighted by Gasteiger charge is -2.13. The second kappa shape index (κ2) is 9.31. The summed E-state index contributed by atoms with van der Waals surface area (Å²) >= 11 is 6.09. The molecule has 0 aliphatic heterocycles. The average molecular weight is 467 g/mol. The highest BCUT2D eigenvalue weighted by Gasteiger charge is 2.31. The lowest BCUT2D eigenvalue weighted by molar-refractivity contribution is -0.137. The summed E-state index contributed by atoms with van der Waals surface area (Å²) < 4.78 is 45.8. The fourth-order valence-corrected chi connectivity index (χ4v) is 3.05. The maximum atomic E-state index is 13.1. The summed E-state index contributed by atoms with van der Waals surface area (Å²) in [6.07, 6.45) is -4.48. The number of hydrogen-bond acceptors (Lipinski definition) is 4. The predicted octanol–water partition coefficient (Wildman–Crippen LogP) is 3.90. The number of halogens is 4. The Bertz CT molecular complexity index is 1140. The van der Waals surface area contributed by atoms with Gasteiger partial charge in [-0.2, -0.15) is 18.3 Å². The fraction of sp³-hybridized carbons (Fsp3) is 0.190. The zero-order chi connectivity index (χ0) is 23.5. The highest BCUT2D eigenvalue weighted by Crippen LogP contribution is 2.34. The summed E-state index contributed by atoms with van der Waals surface area (Å²) in [6.45, 7) is 1.26. The molecule has 0 unspecified atom stereocenters. The van der Waals surface area contributed by atoms with Crippen molar-refractivity contribution in [2.24, 2.45) is 5.73 Å². The number of primary amides is 1. The van der Waals surface area contributed by atoms with Crippen molar-refractivity contribution in [1.29, 1.82) is 0 Å². The van der Waals surface area contributed by atoms with E-state index in [0.29, 0.717) is 17.0 Å². The molecule has 0 aliphatic carbocycles. The van der Waals surface area contributed by atoms with Crippen LogP contribution in [0.25, 0.3) is 5.69 Å². The normalized spacial score (nSPS) is 11.3. The number of hydrogen-bond donors (Lipinski definition) is 2. The Kier molecular flexibility index (Phi) is 6.73. The van der Waals surface area contributed by atoms with E-state index in [-0.39, 0.29) is 29.6 Å². The predicted molar refractivity (Wildman–Crippen MR) is 112 cm³/mol. The van der Waals surface area contributed by atoms with Crippen LogP contribution in [0.1, 0.15) is 16.8 Å². The monoisotopic (exact) mass is 466 g/mol. The molecular formula is C21H18ClF3N4O3. The SMILES string of the molecule is Cc1cc(NC(=O)COc2ccc(CC(N)=O)cc2)n(-c2cc(C(F)(F)F)ccc2Cl)n1. The van der Waals surface area contributed by atoms with Crippen LogP contribution < -0.4 is 15.8 Å². The van der Waals surface area contributed by atoms with Crippen molar-refractivity contribution in [3.63, 3.8) is 0 Å². The molecule has 2 aromatic carbocycles. The molecule has 0 fully saturated rings. The number of nitrogens with one attached hydrogen (secondary N) is 1. The van der Waals surface area contributed by atoms with Gasteiger partial charge in [0, 0.05) is 6.07 Å². The van der Waals surface area contributed by atoms with Crippen LogP contribution in [0, 0.1) is 6.92 Å². The topological polar surface area (TPSA) is 99.2 Å². The van der Waals surface area contributed by atoms with Crippen molar-refractivity contribution in [3.05, 3.63) is 70.4 Å². The first kappa shape index (κ1) is 23.1. The van der Waals surface area contributed by atoms with Gasteiger partial charge in [0.25, 0.3) is 5.91 Å². The van der Waals surface area contributed by atoms with E-state index in [1.54, 1.807) is 31.2 Å². The van der Waals surface area contributed by atoms with Gasteiger partial charge in [-0.3, -0.25) is 9.59 Å². The summed E-state index contributed by atoms with van der Waals surface area (Å²) in [7, 11) is 0. The summed E-state index contributed by atoms with van der Waals surface area (Å²) in [5.41, 5.74) is 5.36. The lowest BCUT2D eigenvalue weighted by atomic mass is 10.1. The first-order chi connectivity index (χ1) is 15.0. The number of carbonyl (C=O) groups is 2. The van der Waals surface area contributed by atoms with E-state index < -0.39 is 23.6 Å². The van der Waals surface area contributed by atoms with E-state index in [9.17, 15) is 22.8 Å². The van der Waals surface area contributed by atoms with Gasteiger partial charge in [0.2, 0.25) is 5.91 Å². The third-order valence-electron chi connectivity index (χ3n) is 4.27. The van der Waals surface area contributed by atoms with Crippen LogP contribution in [0.5, 0.6) is 5.75 Å². The Labute approximate surface area is 185 Å². The number of nitrogens with two attached hydrogens (primary N) is 1. The molecule has 3 aromatic rings. The van der Waals surface area contributed by atoms with Gasteiger partial charge < -0.3 is 15.8 Å². The maximum Gasteiger partial charge on any atom is 0.416 e. The quantitative estimate of drug-likeness (QED) is 0.551. The standard InChI is InChI=1S/C21H18ClF3N4O3/c1-12-8-19(29(28-12)17-10-14(21(23,24)25)4-7-16(17)22)27-20(31)11-32-15-5-2-13(3-6-15)9-18(26)30/h2-8,10H,9,11H2,1H3,(H2,26,30)(H,27,31). The Morgan fingerprint density at radius 3 is 2.47 bits per heavy atom. The van der Waals surface area contributed by atoms with Crippen molar-refractivity contribution in [2.75, 3.05) is 11.9 Å². The van der Waals surface area contributed by atoms with Crippen LogP contribution in [-0.4, -0.2) is 28.2 Å². The molecule has 1 aromatic heterocycles. The number of anilines is 1. The molecule has 0 atom stereocenters. The molecule has 3 N–H and O–H groups in total. The van der Waals surface area contributed by atoms with Crippen LogP contribution in [0.3, 0.4) is 0 Å². The summed E-state index contributed by atoms with van der Waals surface area (Å²) in [6, 6.07) is 10.8. The number of alkyl halides is 3. The number of aromatic nitrogens is 2. The molecule has 0 saturated heterocycles. The first-order valence-electron chi connectivity index (χ1n) is 9.26. The van der Waals surface area contributed by atoms with Crippen molar-refractivity contribution >= 4 is 29.2 Å². The minimum absolute atomic E-state index is 0.0314. The molecule has 0 spiro atoms. The largest absolute Gasteiger partial charge is 0.484 e. The smallest absolute Gasteiger partial charge is 0.416 e. The van der Waals surface area contributed by atoms with Gasteiger partial charge in [-0.05, 0) is 42.8 Å². The molecule has 32 heavy (non-hydrogen) atoms. The van der Waals surface area contributed by atoms with Crippen LogP contribution in [0.15, 0.2) is 48.5 Å². The minimum Gasteiger partial charge on any atom is -0.484 e. The molecule has 168 valence electrons. The van der Waals surface area contributed by atoms with Gasteiger partial charge in [0.05, 0.1) is 28.4 Å². The van der Waals surface area contributed by atoms with Crippen LogP contribution in [0.4, 0.5) is 19.0 Å². The molecule has 1 heterocycles. The van der Waals surface area contributed by atoms with Gasteiger partial charge in [-0.1, -0.05) is 23.7 Å². The van der Waals surface area contributed by atoms with E-state index in [1.807, 2.05) is 0 Å². The Hall–Kier alpha value is -3.53. The van der Waals surface area contributed by atoms with Crippen LogP contribution >= 0.6 is 11.6 Å². The van der Waals surface area contributed by atoms with Gasteiger partial charge >= 0.3 is 6.18 Å². The van der Waals surface area contributed by atoms with Gasteiger partial charge in [0.15, 0.2) is 6.61 Å². The Morgan fingerprint density at radius 1 is 1.16 bits per heavy atom. The highest BCUT2D eigenvalue weighted by atomic mass is 35.5. The number of carbonyl (C=O) groups excluding carboxylic acids is 2. The van der Waals surface area contributed by atoms with E-state index in [2.05, 4.69) is 10.4 Å². The summed E-state index contributed by atoms with van der Waals surface area (Å²) in [5.74, 6) is -0.505. The van der Waals surface area contributed by atoms with Crippen molar-refractivity contribution in [2.45, 2.75) is 19.5 Å². The zero-order valence-electron chi connectivity index (χ0n) is 16.7. The highest BCUT2D eigenvalue weighted by molar-refractivity contribution is 6.32. The third-order valence-corrected chi connectivity index (χ3v) is 4.59. The number of aryl methyl sites for hydroxylation is 1. The lowest BCUT2D eigenvalue weighted by Crippen LogP contribution is -2.22. The van der Waals surface area contributed by atoms with Crippen molar-refractivity contribution in [1.82, 2.24) is 9.78 Å². The first-order valence-corrected chi connectivity index (χ1v) is 9.64. The average Bonchev–Trinajstić information content (AvgIpc) is 3.06. The fourth-order valence-electron chi connectivity index (χ4n) is 2.86. The van der Waals surface area contributed by atoms with Gasteiger partial charge in [0.1, 0.15) is 11.6 Å². The van der Waals surface area contributed by atoms with Crippen molar-refractivity contribution < 1.29 is 27.5 Å². The van der Waals surface area contributed by atoms with E-state index in [4.69, 9.17) is 22.1 Å². The molecule has 0 bridgehead atoms. The van der Waals surface area contributed by atoms with Gasteiger partial charge in [-0.25, -0.2) is 4.68 Å². The van der Waals surface area contributed by atoms with E-state index in [0.717, 1.165) is 22.9 Å². The second-order valence-electron chi connectivity index (χ2n) is 6.87. The molecule has 0 radical (unpaired) electrons. The summed E-state index contributed by atoms with van der Waals surface area (Å²) in [5, 5.41) is 6.73. The Morgan fingerprint density at radius 2 is 1.84 bits per heavy atom. The van der Waals surface area contributed by atoms with Crippen molar-refractivity contribution in [3.8, 4) is 11.4 Å². The molecule has 2 amide bonds. The third kappa shape index (κ3) is 5.79. The molecule has 0 saturated carbocycles. The molecule has 7 nitrogen and oxygen atoms in total. The second-order valence-corrected chi connectivity index (χ2v) is 7.28. The van der Waals surface area contributed by atoms with Gasteiger partial charge in [-0.15, -0.1) is 0 Å². The number of amides is 2. The molecule has 11 heteroatoms. The number of rotatable bonds is 7. The molecule has 3 rings (SSSR count). The maximum absolute atomic E-state index is 13.1.